The summed E-state index contributed by atoms with van der Waals surface area (Å²) in [6.07, 6.45) is 8.44. The van der Waals surface area contributed by atoms with Gasteiger partial charge in [-0.2, -0.15) is 0 Å². The maximum absolute atomic E-state index is 12.5. The highest BCUT2D eigenvalue weighted by Crippen LogP contribution is 2.27. The number of rotatable bonds is 6. The van der Waals surface area contributed by atoms with E-state index in [2.05, 4.69) is 37.0 Å². The van der Waals surface area contributed by atoms with Gasteiger partial charge in [0.1, 0.15) is 5.76 Å². The normalized spacial score (nSPS) is 19.1. The molecule has 8 nitrogen and oxygen atoms in total. The van der Waals surface area contributed by atoms with Gasteiger partial charge in [0.05, 0.1) is 25.2 Å². The molecule has 4 rings (SSSR count). The van der Waals surface area contributed by atoms with Crippen LogP contribution in [-0.4, -0.2) is 46.5 Å². The quantitative estimate of drug-likeness (QED) is 0.460. The monoisotopic (exact) mass is 434 g/mol. The molecule has 2 aromatic heterocycles. The van der Waals surface area contributed by atoms with E-state index in [9.17, 15) is 4.79 Å². The summed E-state index contributed by atoms with van der Waals surface area (Å²) in [5.41, 5.74) is 1.64. The molecule has 2 atom stereocenters. The van der Waals surface area contributed by atoms with Gasteiger partial charge in [0.25, 0.3) is 5.91 Å². The summed E-state index contributed by atoms with van der Waals surface area (Å²) in [5.74, 6) is 2.05. The molecule has 3 heterocycles. The number of nitrogens with one attached hydrogen (secondary N) is 2. The van der Waals surface area contributed by atoms with Crippen LogP contribution in [0.5, 0.6) is 0 Å². The fourth-order valence-corrected chi connectivity index (χ4v) is 4.11. The molecule has 1 saturated heterocycles. The molecule has 0 saturated carbocycles. The Bertz CT molecular complexity index is 1030. The fourth-order valence-electron chi connectivity index (χ4n) is 4.11. The van der Waals surface area contributed by atoms with Crippen molar-refractivity contribution in [1.82, 2.24) is 25.1 Å². The topological polar surface area (TPSA) is 87.7 Å². The molecule has 32 heavy (non-hydrogen) atoms. The number of piperidine rings is 1. The molecule has 0 aliphatic carbocycles. The lowest BCUT2D eigenvalue weighted by atomic mass is 9.93. The van der Waals surface area contributed by atoms with Crippen LogP contribution in [0.4, 0.5) is 0 Å². The highest BCUT2D eigenvalue weighted by Gasteiger charge is 2.28. The first-order valence-corrected chi connectivity index (χ1v) is 11.0. The number of amides is 1. The van der Waals surface area contributed by atoms with Gasteiger partial charge in [-0.3, -0.25) is 9.79 Å². The van der Waals surface area contributed by atoms with Crippen molar-refractivity contribution in [3.05, 3.63) is 78.3 Å². The number of hydrogen-bond donors (Lipinski definition) is 2. The Morgan fingerprint density at radius 2 is 2.16 bits per heavy atom. The number of likely N-dealkylation sites (tertiary alicyclic amines) is 1. The first-order chi connectivity index (χ1) is 15.6. The molecule has 168 valence electrons. The molecule has 8 heteroatoms. The van der Waals surface area contributed by atoms with Crippen molar-refractivity contribution in [3.63, 3.8) is 0 Å². The van der Waals surface area contributed by atoms with E-state index >= 15 is 0 Å². The Balaban J connectivity index is 1.35. The van der Waals surface area contributed by atoms with Gasteiger partial charge in [0.15, 0.2) is 5.96 Å². The van der Waals surface area contributed by atoms with Crippen molar-refractivity contribution in [1.29, 1.82) is 0 Å². The Morgan fingerprint density at radius 3 is 2.91 bits per heavy atom. The number of furan rings is 1. The number of hydrogen-bond acceptors (Lipinski definition) is 4. The number of carbonyl (C=O) groups is 1. The molecular formula is C24H30N6O2. The van der Waals surface area contributed by atoms with Gasteiger partial charge >= 0.3 is 0 Å². The maximum Gasteiger partial charge on any atom is 0.251 e. The second kappa shape index (κ2) is 10.2. The van der Waals surface area contributed by atoms with E-state index in [0.717, 1.165) is 36.8 Å². The van der Waals surface area contributed by atoms with Crippen LogP contribution < -0.4 is 10.6 Å². The zero-order chi connectivity index (χ0) is 22.3. The van der Waals surface area contributed by atoms with Crippen LogP contribution in [0.25, 0.3) is 0 Å². The lowest BCUT2D eigenvalue weighted by Gasteiger charge is -2.39. The van der Waals surface area contributed by atoms with Gasteiger partial charge in [0, 0.05) is 44.6 Å². The lowest BCUT2D eigenvalue weighted by Crippen LogP contribution is -2.48. The molecular weight excluding hydrogens is 404 g/mol. The fraction of sp³-hybridized carbons (Fsp3) is 0.375. The van der Waals surface area contributed by atoms with E-state index in [1.54, 1.807) is 12.3 Å². The summed E-state index contributed by atoms with van der Waals surface area (Å²) < 4.78 is 7.46. The molecule has 0 bridgehead atoms. The number of nitrogens with zero attached hydrogens (tertiary/aromatic N) is 4. The van der Waals surface area contributed by atoms with Crippen molar-refractivity contribution >= 4 is 11.9 Å². The Kier molecular flexibility index (Phi) is 6.89. The third kappa shape index (κ3) is 5.19. The molecule has 1 aliphatic heterocycles. The average molecular weight is 435 g/mol. The minimum atomic E-state index is -0.124. The Morgan fingerprint density at radius 1 is 1.25 bits per heavy atom. The average Bonchev–Trinajstić information content (AvgIpc) is 3.53. The predicted octanol–water partition coefficient (Wildman–Crippen LogP) is 3.06. The van der Waals surface area contributed by atoms with E-state index in [1.165, 1.54) is 0 Å². The molecule has 1 fully saturated rings. The number of aliphatic imine (C=N–C) groups is 1. The summed E-state index contributed by atoms with van der Waals surface area (Å²) in [4.78, 5) is 23.5. The largest absolute Gasteiger partial charge is 0.467 e. The van der Waals surface area contributed by atoms with Crippen LogP contribution >= 0.6 is 0 Å². The standard InChI is InChI=1S/C24H30N6O2/c1-18-8-10-29(16-22(18)30-11-9-26-17-30)24(25-2)28-14-19-5-3-6-20(13-19)23(31)27-15-21-7-4-12-32-21/h3-7,9,11-13,17-18,22H,8,10,14-16H2,1-2H3,(H,25,28)(H,27,31). The van der Waals surface area contributed by atoms with Gasteiger partial charge in [-0.05, 0) is 42.2 Å². The molecule has 0 radical (unpaired) electrons. The molecule has 1 aromatic carbocycles. The number of carbonyl (C=O) groups excluding carboxylic acids is 1. The molecule has 0 spiro atoms. The van der Waals surface area contributed by atoms with Crippen molar-refractivity contribution in [3.8, 4) is 0 Å². The van der Waals surface area contributed by atoms with E-state index < -0.39 is 0 Å². The number of aromatic nitrogens is 2. The number of guanidine groups is 1. The summed E-state index contributed by atoms with van der Waals surface area (Å²) in [7, 11) is 1.81. The molecule has 2 unspecified atom stereocenters. The molecule has 1 amide bonds. The van der Waals surface area contributed by atoms with Crippen molar-refractivity contribution < 1.29 is 9.21 Å². The van der Waals surface area contributed by atoms with Gasteiger partial charge in [-0.1, -0.05) is 19.1 Å². The number of benzene rings is 1. The first-order valence-electron chi connectivity index (χ1n) is 11.0. The van der Waals surface area contributed by atoms with E-state index in [0.29, 0.717) is 30.6 Å². The van der Waals surface area contributed by atoms with Crippen LogP contribution in [-0.2, 0) is 13.1 Å². The van der Waals surface area contributed by atoms with E-state index in [-0.39, 0.29) is 5.91 Å². The third-order valence-corrected chi connectivity index (χ3v) is 5.98. The van der Waals surface area contributed by atoms with Gasteiger partial charge < -0.3 is 24.5 Å². The van der Waals surface area contributed by atoms with Gasteiger partial charge in [-0.15, -0.1) is 0 Å². The summed E-state index contributed by atoms with van der Waals surface area (Å²) in [6, 6.07) is 11.6. The van der Waals surface area contributed by atoms with Gasteiger partial charge in [-0.25, -0.2) is 4.98 Å². The zero-order valence-electron chi connectivity index (χ0n) is 18.6. The zero-order valence-corrected chi connectivity index (χ0v) is 18.6. The van der Waals surface area contributed by atoms with Crippen molar-refractivity contribution in [2.45, 2.75) is 32.5 Å². The summed E-state index contributed by atoms with van der Waals surface area (Å²) in [5, 5.41) is 6.35. The lowest BCUT2D eigenvalue weighted by molar-refractivity contribution is 0.0948. The minimum absolute atomic E-state index is 0.124. The Labute approximate surface area is 188 Å². The maximum atomic E-state index is 12.5. The second-order valence-corrected chi connectivity index (χ2v) is 8.15. The van der Waals surface area contributed by atoms with Crippen molar-refractivity contribution in [2.75, 3.05) is 20.1 Å². The highest BCUT2D eigenvalue weighted by atomic mass is 16.3. The SMILES string of the molecule is CN=C(NCc1cccc(C(=O)NCc2ccco2)c1)N1CCC(C)C(n2ccnc2)C1. The third-order valence-electron chi connectivity index (χ3n) is 5.98. The number of imidazole rings is 1. The van der Waals surface area contributed by atoms with Crippen molar-refractivity contribution in [2.24, 2.45) is 10.9 Å². The molecule has 2 N–H and O–H groups in total. The van der Waals surface area contributed by atoms with Crippen LogP contribution in [0, 0.1) is 5.92 Å². The van der Waals surface area contributed by atoms with E-state index in [4.69, 9.17) is 4.42 Å². The van der Waals surface area contributed by atoms with E-state index in [1.807, 2.05) is 56.1 Å². The first kappa shape index (κ1) is 21.7. The predicted molar refractivity (Wildman–Crippen MR) is 123 cm³/mol. The summed E-state index contributed by atoms with van der Waals surface area (Å²) >= 11 is 0. The smallest absolute Gasteiger partial charge is 0.251 e. The second-order valence-electron chi connectivity index (χ2n) is 8.15. The van der Waals surface area contributed by atoms with Crippen LogP contribution in [0.2, 0.25) is 0 Å². The molecule has 3 aromatic rings. The minimum Gasteiger partial charge on any atom is -0.467 e. The highest BCUT2D eigenvalue weighted by molar-refractivity contribution is 5.94. The van der Waals surface area contributed by atoms with Crippen LogP contribution in [0.15, 0.2) is 70.8 Å². The van der Waals surface area contributed by atoms with Gasteiger partial charge in [0.2, 0.25) is 0 Å². The van der Waals surface area contributed by atoms with Crippen LogP contribution in [0.3, 0.4) is 0 Å². The molecule has 1 aliphatic rings. The Hall–Kier alpha value is -3.55. The van der Waals surface area contributed by atoms with Crippen LogP contribution in [0.1, 0.15) is 41.1 Å². The summed E-state index contributed by atoms with van der Waals surface area (Å²) in [6.45, 7) is 5.09.